The molecule has 2 rings (SSSR count). The van der Waals surface area contributed by atoms with Crippen molar-refractivity contribution in [3.8, 4) is 0 Å². The first-order chi connectivity index (χ1) is 8.63. The van der Waals surface area contributed by atoms with Crippen molar-refractivity contribution in [3.05, 3.63) is 42.1 Å². The van der Waals surface area contributed by atoms with Crippen LogP contribution in [0.5, 0.6) is 0 Å². The third kappa shape index (κ3) is 2.52. The van der Waals surface area contributed by atoms with Crippen LogP contribution in [0.25, 0.3) is 10.9 Å². The van der Waals surface area contributed by atoms with Gasteiger partial charge in [0.15, 0.2) is 0 Å². The first kappa shape index (κ1) is 13.0. The van der Waals surface area contributed by atoms with E-state index in [-0.39, 0.29) is 6.04 Å². The Labute approximate surface area is 108 Å². The van der Waals surface area contributed by atoms with Gasteiger partial charge < -0.3 is 0 Å². The van der Waals surface area contributed by atoms with Crippen LogP contribution in [0.3, 0.4) is 0 Å². The fraction of sp³-hybridized carbons (Fsp3) is 0.400. The third-order valence-corrected chi connectivity index (χ3v) is 3.73. The van der Waals surface area contributed by atoms with Crippen molar-refractivity contribution in [2.24, 2.45) is 17.7 Å². The van der Waals surface area contributed by atoms with Gasteiger partial charge in [0.25, 0.3) is 0 Å². The monoisotopic (exact) mass is 243 g/mol. The molecule has 0 amide bonds. The molecule has 0 aliphatic carbocycles. The summed E-state index contributed by atoms with van der Waals surface area (Å²) in [6.45, 7) is 6.64. The maximum atomic E-state index is 5.71. The number of fused-ring (bicyclic) bond motifs is 1. The molecule has 96 valence electrons. The van der Waals surface area contributed by atoms with Gasteiger partial charge in [-0.3, -0.25) is 16.3 Å². The molecule has 1 heterocycles. The van der Waals surface area contributed by atoms with Crippen molar-refractivity contribution in [2.45, 2.75) is 26.8 Å². The van der Waals surface area contributed by atoms with E-state index >= 15 is 0 Å². The second-order valence-electron chi connectivity index (χ2n) is 5.21. The van der Waals surface area contributed by atoms with Crippen LogP contribution in [0.15, 0.2) is 36.5 Å². The summed E-state index contributed by atoms with van der Waals surface area (Å²) in [7, 11) is 0. The van der Waals surface area contributed by atoms with E-state index in [9.17, 15) is 0 Å². The molecule has 0 radical (unpaired) electrons. The summed E-state index contributed by atoms with van der Waals surface area (Å²) < 4.78 is 0. The van der Waals surface area contributed by atoms with Gasteiger partial charge in [-0.15, -0.1) is 0 Å². The molecular weight excluding hydrogens is 222 g/mol. The van der Waals surface area contributed by atoms with E-state index in [0.29, 0.717) is 11.8 Å². The predicted molar refractivity (Wildman–Crippen MR) is 75.8 cm³/mol. The molecule has 0 saturated carbocycles. The molecular formula is C15H21N3. The summed E-state index contributed by atoms with van der Waals surface area (Å²) in [4.78, 5) is 4.50. The van der Waals surface area contributed by atoms with Gasteiger partial charge in [-0.25, -0.2) is 0 Å². The Morgan fingerprint density at radius 3 is 2.56 bits per heavy atom. The molecule has 0 fully saturated rings. The average Bonchev–Trinajstić information content (AvgIpc) is 2.39. The number of nitrogens with one attached hydrogen (secondary N) is 1. The molecule has 2 atom stereocenters. The predicted octanol–water partition coefficient (Wildman–Crippen LogP) is 3.03. The highest BCUT2D eigenvalue weighted by molar-refractivity contribution is 5.78. The standard InChI is InChI=1S/C15H21N3/c1-10(2)11(3)15(18-16)13-8-12-6-4-5-7-14(12)17-9-13/h4-11,15,18H,16H2,1-3H3. The number of rotatable bonds is 4. The quantitative estimate of drug-likeness (QED) is 0.641. The van der Waals surface area contributed by atoms with E-state index < -0.39 is 0 Å². The van der Waals surface area contributed by atoms with Crippen LogP contribution in [-0.4, -0.2) is 4.98 Å². The highest BCUT2D eigenvalue weighted by atomic mass is 15.2. The fourth-order valence-corrected chi connectivity index (χ4v) is 2.19. The van der Waals surface area contributed by atoms with E-state index in [4.69, 9.17) is 5.84 Å². The maximum Gasteiger partial charge on any atom is 0.0702 e. The number of hydrogen-bond donors (Lipinski definition) is 2. The van der Waals surface area contributed by atoms with Crippen molar-refractivity contribution in [2.75, 3.05) is 0 Å². The van der Waals surface area contributed by atoms with E-state index in [0.717, 1.165) is 16.5 Å². The highest BCUT2D eigenvalue weighted by Crippen LogP contribution is 2.28. The van der Waals surface area contributed by atoms with E-state index in [1.54, 1.807) is 0 Å². The second-order valence-corrected chi connectivity index (χ2v) is 5.21. The SMILES string of the molecule is CC(C)C(C)C(NN)c1cnc2ccccc2c1. The van der Waals surface area contributed by atoms with Crippen LogP contribution < -0.4 is 11.3 Å². The lowest BCUT2D eigenvalue weighted by Crippen LogP contribution is -2.34. The normalized spacial score (nSPS) is 14.9. The van der Waals surface area contributed by atoms with Crippen molar-refractivity contribution < 1.29 is 0 Å². The summed E-state index contributed by atoms with van der Waals surface area (Å²) in [6.07, 6.45) is 1.92. The molecule has 18 heavy (non-hydrogen) atoms. The zero-order chi connectivity index (χ0) is 13.1. The Balaban J connectivity index is 2.39. The van der Waals surface area contributed by atoms with E-state index in [1.165, 1.54) is 0 Å². The van der Waals surface area contributed by atoms with Gasteiger partial charge in [-0.1, -0.05) is 39.0 Å². The Kier molecular flexibility index (Phi) is 3.94. The minimum absolute atomic E-state index is 0.141. The number of nitrogens with two attached hydrogens (primary N) is 1. The largest absolute Gasteiger partial charge is 0.271 e. The number of hydrogen-bond acceptors (Lipinski definition) is 3. The second kappa shape index (κ2) is 5.46. The van der Waals surface area contributed by atoms with Gasteiger partial charge in [-0.2, -0.15) is 0 Å². The Bertz CT molecular complexity index is 522. The van der Waals surface area contributed by atoms with Crippen molar-refractivity contribution in [3.63, 3.8) is 0 Å². The topological polar surface area (TPSA) is 50.9 Å². The minimum Gasteiger partial charge on any atom is -0.271 e. The fourth-order valence-electron chi connectivity index (χ4n) is 2.19. The van der Waals surface area contributed by atoms with Crippen LogP contribution in [0.1, 0.15) is 32.4 Å². The van der Waals surface area contributed by atoms with Crippen LogP contribution in [-0.2, 0) is 0 Å². The van der Waals surface area contributed by atoms with Gasteiger partial charge in [0.2, 0.25) is 0 Å². The summed E-state index contributed by atoms with van der Waals surface area (Å²) in [5, 5.41) is 1.16. The maximum absolute atomic E-state index is 5.71. The highest BCUT2D eigenvalue weighted by Gasteiger charge is 2.21. The zero-order valence-electron chi connectivity index (χ0n) is 11.2. The van der Waals surface area contributed by atoms with Crippen LogP contribution in [0.4, 0.5) is 0 Å². The molecule has 2 unspecified atom stereocenters. The van der Waals surface area contributed by atoms with E-state index in [2.05, 4.69) is 43.3 Å². The molecule has 0 aliphatic rings. The lowest BCUT2D eigenvalue weighted by atomic mass is 9.87. The summed E-state index contributed by atoms with van der Waals surface area (Å²) >= 11 is 0. The van der Waals surface area contributed by atoms with Crippen LogP contribution in [0, 0.1) is 11.8 Å². The van der Waals surface area contributed by atoms with Crippen molar-refractivity contribution in [1.29, 1.82) is 0 Å². The number of benzene rings is 1. The molecule has 0 saturated heterocycles. The molecule has 3 heteroatoms. The van der Waals surface area contributed by atoms with Crippen molar-refractivity contribution in [1.82, 2.24) is 10.4 Å². The lowest BCUT2D eigenvalue weighted by molar-refractivity contribution is 0.306. The molecule has 1 aromatic carbocycles. The molecule has 0 aliphatic heterocycles. The minimum atomic E-state index is 0.141. The van der Waals surface area contributed by atoms with Gasteiger partial charge in [0.05, 0.1) is 11.6 Å². The van der Waals surface area contributed by atoms with Crippen LogP contribution >= 0.6 is 0 Å². The number of aromatic nitrogens is 1. The number of hydrazine groups is 1. The Hall–Kier alpha value is -1.45. The molecule has 3 nitrogen and oxygen atoms in total. The van der Waals surface area contributed by atoms with Crippen LogP contribution in [0.2, 0.25) is 0 Å². The third-order valence-electron chi connectivity index (χ3n) is 3.73. The summed E-state index contributed by atoms with van der Waals surface area (Å²) in [6, 6.07) is 10.5. The Morgan fingerprint density at radius 2 is 1.89 bits per heavy atom. The number of nitrogens with zero attached hydrogens (tertiary/aromatic N) is 1. The van der Waals surface area contributed by atoms with Gasteiger partial charge in [0.1, 0.15) is 0 Å². The summed E-state index contributed by atoms with van der Waals surface area (Å²) in [5.41, 5.74) is 5.10. The molecule has 3 N–H and O–H groups in total. The average molecular weight is 243 g/mol. The molecule has 0 spiro atoms. The first-order valence-corrected chi connectivity index (χ1v) is 6.44. The molecule has 1 aromatic heterocycles. The van der Waals surface area contributed by atoms with Gasteiger partial charge in [-0.05, 0) is 29.5 Å². The zero-order valence-corrected chi connectivity index (χ0v) is 11.2. The van der Waals surface area contributed by atoms with E-state index in [1.807, 2.05) is 24.4 Å². The summed E-state index contributed by atoms with van der Waals surface area (Å²) in [5.74, 6) is 6.73. The Morgan fingerprint density at radius 1 is 1.17 bits per heavy atom. The molecule has 0 bridgehead atoms. The van der Waals surface area contributed by atoms with Gasteiger partial charge in [0, 0.05) is 11.6 Å². The van der Waals surface area contributed by atoms with Gasteiger partial charge >= 0.3 is 0 Å². The smallest absolute Gasteiger partial charge is 0.0702 e. The number of pyridine rings is 1. The first-order valence-electron chi connectivity index (χ1n) is 6.44. The lowest BCUT2D eigenvalue weighted by Gasteiger charge is -2.26. The number of para-hydroxylation sites is 1. The van der Waals surface area contributed by atoms with Crippen molar-refractivity contribution >= 4 is 10.9 Å². The molecule has 2 aromatic rings.